The van der Waals surface area contributed by atoms with Gasteiger partial charge in [0.25, 0.3) is 0 Å². The number of carbonyl (C=O) groups is 1. The Morgan fingerprint density at radius 1 is 1.60 bits per heavy atom. The SMILES string of the molecule is CNCC(=O)c1ccc(O)c(Br)c1OC. The maximum absolute atomic E-state index is 11.6. The highest BCUT2D eigenvalue weighted by molar-refractivity contribution is 9.10. The monoisotopic (exact) mass is 273 g/mol. The van der Waals surface area contributed by atoms with Gasteiger partial charge in [0, 0.05) is 0 Å². The molecule has 0 unspecified atom stereocenters. The minimum Gasteiger partial charge on any atom is -0.507 e. The highest BCUT2D eigenvalue weighted by Gasteiger charge is 2.16. The first kappa shape index (κ1) is 12.0. The van der Waals surface area contributed by atoms with Crippen LogP contribution >= 0.6 is 15.9 Å². The molecule has 15 heavy (non-hydrogen) atoms. The van der Waals surface area contributed by atoms with Gasteiger partial charge in [0.2, 0.25) is 0 Å². The largest absolute Gasteiger partial charge is 0.507 e. The third-order valence-corrected chi connectivity index (χ3v) is 2.68. The van der Waals surface area contributed by atoms with Crippen molar-refractivity contribution in [3.63, 3.8) is 0 Å². The summed E-state index contributed by atoms with van der Waals surface area (Å²) < 4.78 is 5.46. The Morgan fingerprint density at radius 2 is 2.27 bits per heavy atom. The Hall–Kier alpha value is -1.07. The number of hydrogen-bond acceptors (Lipinski definition) is 4. The topological polar surface area (TPSA) is 58.6 Å². The van der Waals surface area contributed by atoms with Crippen molar-refractivity contribution in [2.24, 2.45) is 0 Å². The fourth-order valence-electron chi connectivity index (χ4n) is 1.22. The number of ether oxygens (including phenoxy) is 1. The molecule has 0 saturated carbocycles. The van der Waals surface area contributed by atoms with Gasteiger partial charge in [-0.1, -0.05) is 0 Å². The first-order valence-electron chi connectivity index (χ1n) is 4.35. The van der Waals surface area contributed by atoms with Gasteiger partial charge >= 0.3 is 0 Å². The van der Waals surface area contributed by atoms with E-state index in [0.717, 1.165) is 0 Å². The van der Waals surface area contributed by atoms with E-state index >= 15 is 0 Å². The Morgan fingerprint density at radius 3 is 2.80 bits per heavy atom. The van der Waals surface area contributed by atoms with Crippen molar-refractivity contribution in [3.05, 3.63) is 22.2 Å². The molecule has 0 spiro atoms. The van der Waals surface area contributed by atoms with Gasteiger partial charge < -0.3 is 15.2 Å². The normalized spacial score (nSPS) is 10.1. The lowest BCUT2D eigenvalue weighted by Crippen LogP contribution is -2.19. The minimum absolute atomic E-state index is 0.0489. The van der Waals surface area contributed by atoms with Gasteiger partial charge in [-0.3, -0.25) is 4.79 Å². The van der Waals surface area contributed by atoms with Gasteiger partial charge in [0.1, 0.15) is 16.0 Å². The van der Waals surface area contributed by atoms with Crippen LogP contribution in [0.1, 0.15) is 10.4 Å². The number of benzene rings is 1. The molecule has 1 aromatic rings. The summed E-state index contributed by atoms with van der Waals surface area (Å²) >= 11 is 3.16. The standard InChI is InChI=1S/C10H12BrNO3/c1-12-5-8(14)6-3-4-7(13)9(11)10(6)15-2/h3-4,12-13H,5H2,1-2H3. The third-order valence-electron chi connectivity index (χ3n) is 1.92. The van der Waals surface area contributed by atoms with Crippen LogP contribution in [-0.4, -0.2) is 31.6 Å². The van der Waals surface area contributed by atoms with Crippen LogP contribution in [0.5, 0.6) is 11.5 Å². The highest BCUT2D eigenvalue weighted by Crippen LogP contribution is 2.36. The number of aromatic hydroxyl groups is 1. The number of methoxy groups -OCH3 is 1. The molecule has 0 aliphatic rings. The van der Waals surface area contributed by atoms with Crippen molar-refractivity contribution >= 4 is 21.7 Å². The van der Waals surface area contributed by atoms with E-state index in [1.807, 2.05) is 0 Å². The summed E-state index contributed by atoms with van der Waals surface area (Å²) in [6, 6.07) is 2.99. The smallest absolute Gasteiger partial charge is 0.180 e. The maximum Gasteiger partial charge on any atom is 0.180 e. The molecule has 1 aromatic carbocycles. The van der Waals surface area contributed by atoms with Gasteiger partial charge in [-0.25, -0.2) is 0 Å². The van der Waals surface area contributed by atoms with Crippen molar-refractivity contribution in [1.29, 1.82) is 0 Å². The van der Waals surface area contributed by atoms with E-state index in [1.165, 1.54) is 13.2 Å². The predicted molar refractivity (Wildman–Crippen MR) is 60.6 cm³/mol. The van der Waals surface area contributed by atoms with Crippen LogP contribution < -0.4 is 10.1 Å². The summed E-state index contributed by atoms with van der Waals surface area (Å²) in [5.74, 6) is 0.318. The quantitative estimate of drug-likeness (QED) is 0.818. The summed E-state index contributed by atoms with van der Waals surface area (Å²) in [6.45, 7) is 0.230. The number of likely N-dealkylation sites (N-methyl/N-ethyl adjacent to an activating group) is 1. The number of phenolic OH excluding ortho intramolecular Hbond substituents is 1. The van der Waals surface area contributed by atoms with Crippen molar-refractivity contribution in [3.8, 4) is 11.5 Å². The zero-order chi connectivity index (χ0) is 11.4. The molecule has 2 N–H and O–H groups in total. The first-order chi connectivity index (χ1) is 7.11. The highest BCUT2D eigenvalue weighted by atomic mass is 79.9. The Bertz CT molecular complexity index is 379. The molecule has 0 heterocycles. The van der Waals surface area contributed by atoms with E-state index in [9.17, 15) is 9.90 Å². The second-order valence-electron chi connectivity index (χ2n) is 2.93. The summed E-state index contributed by atoms with van der Waals surface area (Å²) in [5, 5.41) is 12.2. The number of rotatable bonds is 4. The second kappa shape index (κ2) is 5.14. The fourth-order valence-corrected chi connectivity index (χ4v) is 1.73. The molecule has 82 valence electrons. The number of nitrogens with one attached hydrogen (secondary N) is 1. The van der Waals surface area contributed by atoms with Gasteiger partial charge in [0.15, 0.2) is 5.78 Å². The fraction of sp³-hybridized carbons (Fsp3) is 0.300. The van der Waals surface area contributed by atoms with Crippen molar-refractivity contribution in [2.75, 3.05) is 20.7 Å². The van der Waals surface area contributed by atoms with Gasteiger partial charge in [-0.15, -0.1) is 0 Å². The van der Waals surface area contributed by atoms with E-state index in [2.05, 4.69) is 21.2 Å². The van der Waals surface area contributed by atoms with Gasteiger partial charge in [-0.2, -0.15) is 0 Å². The van der Waals surface area contributed by atoms with Crippen molar-refractivity contribution < 1.29 is 14.6 Å². The van der Waals surface area contributed by atoms with Gasteiger partial charge in [-0.05, 0) is 35.1 Å². The Labute approximate surface area is 96.4 Å². The van der Waals surface area contributed by atoms with Crippen LogP contribution in [0.25, 0.3) is 0 Å². The third kappa shape index (κ3) is 2.49. The van der Waals surface area contributed by atoms with Crippen LogP contribution in [0.3, 0.4) is 0 Å². The van der Waals surface area contributed by atoms with Crippen molar-refractivity contribution in [2.45, 2.75) is 0 Å². The van der Waals surface area contributed by atoms with Crippen LogP contribution in [0.2, 0.25) is 0 Å². The van der Waals surface area contributed by atoms with E-state index in [0.29, 0.717) is 15.8 Å². The average molecular weight is 274 g/mol. The molecular weight excluding hydrogens is 262 g/mol. The molecular formula is C10H12BrNO3. The van der Waals surface area contributed by atoms with Crippen LogP contribution in [0.15, 0.2) is 16.6 Å². The predicted octanol–water partition coefficient (Wildman–Crippen LogP) is 1.57. The molecule has 5 heteroatoms. The maximum atomic E-state index is 11.6. The zero-order valence-electron chi connectivity index (χ0n) is 8.50. The summed E-state index contributed by atoms with van der Waals surface area (Å²) in [7, 11) is 3.15. The van der Waals surface area contributed by atoms with E-state index in [1.54, 1.807) is 13.1 Å². The molecule has 0 aliphatic carbocycles. The molecule has 0 fully saturated rings. The number of ketones is 1. The second-order valence-corrected chi connectivity index (χ2v) is 3.73. The average Bonchev–Trinajstić information content (AvgIpc) is 2.22. The van der Waals surface area contributed by atoms with E-state index < -0.39 is 0 Å². The van der Waals surface area contributed by atoms with Gasteiger partial charge in [0.05, 0.1) is 19.2 Å². The summed E-state index contributed by atoms with van der Waals surface area (Å²) in [6.07, 6.45) is 0. The molecule has 1 rings (SSSR count). The zero-order valence-corrected chi connectivity index (χ0v) is 10.1. The van der Waals surface area contributed by atoms with Crippen LogP contribution in [-0.2, 0) is 0 Å². The molecule has 4 nitrogen and oxygen atoms in total. The molecule has 0 amide bonds. The Balaban J connectivity index is 3.18. The number of hydrogen-bond donors (Lipinski definition) is 2. The Kier molecular flexibility index (Phi) is 4.11. The molecule has 0 atom stereocenters. The van der Waals surface area contributed by atoms with Crippen LogP contribution in [0, 0.1) is 0 Å². The van der Waals surface area contributed by atoms with E-state index in [4.69, 9.17) is 4.74 Å². The first-order valence-corrected chi connectivity index (χ1v) is 5.14. The van der Waals surface area contributed by atoms with Crippen molar-refractivity contribution in [1.82, 2.24) is 5.32 Å². The minimum atomic E-state index is -0.0879. The molecule has 0 bridgehead atoms. The molecule has 0 saturated heterocycles. The summed E-state index contributed by atoms with van der Waals surface area (Å²) in [4.78, 5) is 11.6. The molecule has 0 aromatic heterocycles. The number of carbonyl (C=O) groups excluding carboxylic acids is 1. The number of halogens is 1. The molecule has 0 aliphatic heterocycles. The lowest BCUT2D eigenvalue weighted by Gasteiger charge is -2.10. The number of Topliss-reactive ketones (excluding diaryl/α,β-unsaturated/α-hetero) is 1. The van der Waals surface area contributed by atoms with Crippen LogP contribution in [0.4, 0.5) is 0 Å². The van der Waals surface area contributed by atoms with E-state index in [-0.39, 0.29) is 18.1 Å². The lowest BCUT2D eigenvalue weighted by molar-refractivity contribution is 0.0990. The lowest BCUT2D eigenvalue weighted by atomic mass is 10.1. The number of phenols is 1. The summed E-state index contributed by atoms with van der Waals surface area (Å²) in [5.41, 5.74) is 0.441. The molecule has 0 radical (unpaired) electrons.